The number of anilines is 1. The van der Waals surface area contributed by atoms with Crippen molar-refractivity contribution in [3.63, 3.8) is 0 Å². The lowest BCUT2D eigenvalue weighted by Gasteiger charge is -2.23. The number of piperidine rings is 1. The molecule has 0 bridgehead atoms. The lowest BCUT2D eigenvalue weighted by Crippen LogP contribution is -2.37. The van der Waals surface area contributed by atoms with Crippen molar-refractivity contribution in [2.45, 2.75) is 56.6 Å². The zero-order chi connectivity index (χ0) is 22.9. The Morgan fingerprint density at radius 1 is 1.28 bits per heavy atom. The molecular weight excluding hydrogens is 426 g/mol. The molecule has 1 saturated heterocycles. The smallest absolute Gasteiger partial charge is 0.322 e. The molecule has 3 unspecified atom stereocenters. The van der Waals surface area contributed by atoms with Crippen molar-refractivity contribution in [1.29, 1.82) is 0 Å². The summed E-state index contributed by atoms with van der Waals surface area (Å²) < 4.78 is 20.3. The molecule has 3 atom stereocenters. The number of rotatable bonds is 7. The zero-order valence-corrected chi connectivity index (χ0v) is 19.6. The van der Waals surface area contributed by atoms with Crippen LogP contribution in [-0.4, -0.2) is 48.9 Å². The highest BCUT2D eigenvalue weighted by Gasteiger charge is 2.22. The van der Waals surface area contributed by atoms with Crippen LogP contribution in [0.2, 0.25) is 0 Å². The van der Waals surface area contributed by atoms with E-state index in [0.717, 1.165) is 37.1 Å². The normalized spacial score (nSPS) is 19.6. The van der Waals surface area contributed by atoms with Crippen LogP contribution in [-0.2, 0) is 9.71 Å². The van der Waals surface area contributed by atoms with Gasteiger partial charge < -0.3 is 15.4 Å². The summed E-state index contributed by atoms with van der Waals surface area (Å²) in [7, 11) is -2.87. The molecule has 0 radical (unpaired) electrons. The van der Waals surface area contributed by atoms with E-state index in [1.807, 2.05) is 25.3 Å². The van der Waals surface area contributed by atoms with E-state index in [9.17, 15) is 4.21 Å². The van der Waals surface area contributed by atoms with Crippen molar-refractivity contribution in [2.24, 2.45) is 5.14 Å². The van der Waals surface area contributed by atoms with E-state index in [-0.39, 0.29) is 18.1 Å². The molecule has 0 amide bonds. The average Bonchev–Trinajstić information content (AvgIpc) is 3.18. The topological polar surface area (TPSA) is 119 Å². The number of hydrogen-bond donors (Lipinski definition) is 3. The number of nitrogens with two attached hydrogens (primary N) is 1. The minimum atomic E-state index is -2.87. The molecule has 32 heavy (non-hydrogen) atoms. The van der Waals surface area contributed by atoms with Gasteiger partial charge in [-0.2, -0.15) is 19.6 Å². The van der Waals surface area contributed by atoms with Crippen LogP contribution in [0.4, 0.5) is 5.95 Å². The molecule has 9 nitrogen and oxygen atoms in total. The van der Waals surface area contributed by atoms with Crippen molar-refractivity contribution in [1.82, 2.24) is 24.9 Å². The first kappa shape index (κ1) is 22.5. The van der Waals surface area contributed by atoms with Gasteiger partial charge in [-0.1, -0.05) is 32.0 Å². The van der Waals surface area contributed by atoms with Gasteiger partial charge >= 0.3 is 6.01 Å². The summed E-state index contributed by atoms with van der Waals surface area (Å²) in [5.74, 6) is 4.39. The first-order chi connectivity index (χ1) is 15.2. The lowest BCUT2D eigenvalue weighted by atomic mass is 10.1. The maximum Gasteiger partial charge on any atom is 0.322 e. The van der Waals surface area contributed by atoms with E-state index in [2.05, 4.69) is 45.4 Å². The molecule has 0 aliphatic carbocycles. The van der Waals surface area contributed by atoms with Crippen LogP contribution in [0.3, 0.4) is 0 Å². The van der Waals surface area contributed by atoms with Crippen molar-refractivity contribution in [3.05, 3.63) is 41.6 Å². The molecule has 2 aromatic heterocycles. The monoisotopic (exact) mass is 457 g/mol. The third-order valence-electron chi connectivity index (χ3n) is 5.62. The maximum atomic E-state index is 12.5. The molecule has 3 heterocycles. The Kier molecular flexibility index (Phi) is 6.36. The highest BCUT2D eigenvalue weighted by molar-refractivity contribution is 7.98. The largest absolute Gasteiger partial charge is 0.459 e. The molecule has 0 saturated carbocycles. The Hall–Kier alpha value is -2.69. The molecule has 10 heteroatoms. The van der Waals surface area contributed by atoms with Gasteiger partial charge in [-0.3, -0.25) is 5.14 Å². The molecule has 1 fully saturated rings. The van der Waals surface area contributed by atoms with Crippen LogP contribution in [0.15, 0.2) is 35.4 Å². The number of fused-ring (bicyclic) bond motifs is 1. The van der Waals surface area contributed by atoms with Gasteiger partial charge in [-0.25, -0.2) is 4.21 Å². The first-order valence-electron chi connectivity index (χ1n) is 10.9. The summed E-state index contributed by atoms with van der Waals surface area (Å²) in [6.45, 7) is 7.92. The van der Waals surface area contributed by atoms with Gasteiger partial charge in [0.25, 0.3) is 0 Å². The standard InChI is InChI=1S/C22H31N7O2S/c1-14(2)18-13-25-29-20(18)27-22(31-16-8-7-11-24-12-16)28-21(29)26-15(3)17-9-5-6-10-19(17)32(4,23)30/h5-6,9-10,13-16,24H,4,7-8,11-12H2,1-3H3,(H2,23,30)(H,26,27,28). The van der Waals surface area contributed by atoms with Gasteiger partial charge in [-0.15, -0.1) is 0 Å². The third kappa shape index (κ3) is 4.72. The molecule has 1 aromatic carbocycles. The van der Waals surface area contributed by atoms with Crippen LogP contribution in [0.5, 0.6) is 6.01 Å². The molecule has 4 rings (SSSR count). The van der Waals surface area contributed by atoms with Gasteiger partial charge in [0.15, 0.2) is 5.65 Å². The fraction of sp³-hybridized carbons (Fsp3) is 0.455. The Labute approximate surface area is 188 Å². The summed E-state index contributed by atoms with van der Waals surface area (Å²) in [5.41, 5.74) is 2.51. The minimum absolute atomic E-state index is 0.0238. The SMILES string of the molecule is C=S(N)(=O)c1ccccc1C(C)Nc1nc(OC2CCCNC2)nc2c(C(C)C)cnn12. The second-order valence-electron chi connectivity index (χ2n) is 8.54. The van der Waals surface area contributed by atoms with Crippen molar-refractivity contribution < 1.29 is 8.95 Å². The zero-order valence-electron chi connectivity index (χ0n) is 18.7. The third-order valence-corrected chi connectivity index (χ3v) is 6.74. The maximum absolute atomic E-state index is 12.5. The number of nitrogens with zero attached hydrogens (tertiary/aromatic N) is 4. The Bertz CT molecular complexity index is 1200. The van der Waals surface area contributed by atoms with Crippen LogP contribution < -0.4 is 20.5 Å². The van der Waals surface area contributed by atoms with Crippen molar-refractivity contribution in [2.75, 3.05) is 18.4 Å². The number of ether oxygens (including phenoxy) is 1. The predicted octanol–water partition coefficient (Wildman–Crippen LogP) is 2.50. The van der Waals surface area contributed by atoms with Gasteiger partial charge in [-0.05, 0) is 49.7 Å². The lowest BCUT2D eigenvalue weighted by molar-refractivity contribution is 0.153. The molecule has 4 N–H and O–H groups in total. The second-order valence-corrected chi connectivity index (χ2v) is 10.4. The van der Waals surface area contributed by atoms with E-state index in [1.165, 1.54) is 0 Å². The second kappa shape index (κ2) is 9.05. The molecule has 1 aliphatic rings. The summed E-state index contributed by atoms with van der Waals surface area (Å²) in [4.78, 5) is 9.82. The van der Waals surface area contributed by atoms with E-state index < -0.39 is 9.71 Å². The average molecular weight is 458 g/mol. The number of aromatic nitrogens is 4. The Morgan fingerprint density at radius 3 is 2.75 bits per heavy atom. The number of benzene rings is 1. The van der Waals surface area contributed by atoms with Gasteiger partial charge in [0, 0.05) is 17.0 Å². The van der Waals surface area contributed by atoms with E-state index in [4.69, 9.17) is 9.88 Å². The van der Waals surface area contributed by atoms with Crippen LogP contribution in [0.1, 0.15) is 56.7 Å². The summed E-state index contributed by atoms with van der Waals surface area (Å²) in [6.07, 6.45) is 3.85. The highest BCUT2D eigenvalue weighted by atomic mass is 32.2. The fourth-order valence-corrected chi connectivity index (χ4v) is 4.88. The quantitative estimate of drug-likeness (QED) is 0.466. The number of nitrogens with one attached hydrogen (secondary N) is 2. The number of hydrogen-bond acceptors (Lipinski definition) is 7. The Balaban J connectivity index is 1.73. The molecule has 1 aliphatic heterocycles. The van der Waals surface area contributed by atoms with Crippen LogP contribution in [0, 0.1) is 0 Å². The Morgan fingerprint density at radius 2 is 2.06 bits per heavy atom. The molecule has 0 spiro atoms. The van der Waals surface area contributed by atoms with Crippen LogP contribution >= 0.6 is 0 Å². The minimum Gasteiger partial charge on any atom is -0.459 e. The van der Waals surface area contributed by atoms with Crippen molar-refractivity contribution >= 4 is 27.2 Å². The van der Waals surface area contributed by atoms with E-state index in [0.29, 0.717) is 22.5 Å². The first-order valence-corrected chi connectivity index (χ1v) is 12.7. The van der Waals surface area contributed by atoms with Gasteiger partial charge in [0.1, 0.15) is 6.10 Å². The van der Waals surface area contributed by atoms with Crippen LogP contribution in [0.25, 0.3) is 5.65 Å². The van der Waals surface area contributed by atoms with Gasteiger partial charge in [0.2, 0.25) is 5.95 Å². The van der Waals surface area contributed by atoms with E-state index >= 15 is 0 Å². The van der Waals surface area contributed by atoms with Crippen molar-refractivity contribution in [3.8, 4) is 6.01 Å². The fourth-order valence-electron chi connectivity index (χ4n) is 3.92. The van der Waals surface area contributed by atoms with E-state index in [1.54, 1.807) is 16.6 Å². The molecule has 172 valence electrons. The predicted molar refractivity (Wildman–Crippen MR) is 128 cm³/mol. The summed E-state index contributed by atoms with van der Waals surface area (Å²) >= 11 is 0. The molecular formula is C22H31N7O2S. The highest BCUT2D eigenvalue weighted by Crippen LogP contribution is 2.27. The summed E-state index contributed by atoms with van der Waals surface area (Å²) in [6, 6.07) is 7.37. The summed E-state index contributed by atoms with van der Waals surface area (Å²) in [5, 5.41) is 17.1. The van der Waals surface area contributed by atoms with Gasteiger partial charge in [0.05, 0.1) is 21.9 Å². The molecule has 3 aromatic rings.